The van der Waals surface area contributed by atoms with E-state index in [0.29, 0.717) is 23.0 Å². The molecule has 0 unspecified atom stereocenters. The largest absolute Gasteiger partial charge is 0.264 e. The lowest BCUT2D eigenvalue weighted by Gasteiger charge is -2.08. The summed E-state index contributed by atoms with van der Waals surface area (Å²) >= 11 is 0. The van der Waals surface area contributed by atoms with E-state index in [1.165, 1.54) is 0 Å². The van der Waals surface area contributed by atoms with Crippen LogP contribution in [0.5, 0.6) is 0 Å². The second kappa shape index (κ2) is 11.2. The molecule has 0 aliphatic rings. The van der Waals surface area contributed by atoms with Crippen molar-refractivity contribution in [2.45, 2.75) is 0 Å². The molecule has 8 heteroatoms. The number of hydrogen-bond acceptors (Lipinski definition) is 8. The third-order valence-corrected chi connectivity index (χ3v) is 6.70. The Morgan fingerprint density at radius 2 is 0.738 bits per heavy atom. The van der Waals surface area contributed by atoms with Crippen molar-refractivity contribution in [3.05, 3.63) is 135 Å². The van der Waals surface area contributed by atoms with Gasteiger partial charge in [0.1, 0.15) is 11.4 Å². The summed E-state index contributed by atoms with van der Waals surface area (Å²) in [5.74, 6) is 1.12. The van der Waals surface area contributed by atoms with Gasteiger partial charge in [0.15, 0.2) is 11.6 Å². The first-order chi connectivity index (χ1) is 20.8. The number of rotatable bonds is 6. The van der Waals surface area contributed by atoms with Crippen LogP contribution >= 0.6 is 0 Å². The molecule has 0 bridgehead atoms. The summed E-state index contributed by atoms with van der Waals surface area (Å²) in [6.45, 7) is 0. The second-order valence-corrected chi connectivity index (χ2v) is 9.47. The minimum atomic E-state index is 0.561. The summed E-state index contributed by atoms with van der Waals surface area (Å²) in [5.41, 5.74) is 8.73. The van der Waals surface area contributed by atoms with Gasteiger partial charge in [0, 0.05) is 71.8 Å². The van der Waals surface area contributed by atoms with Crippen LogP contribution in [-0.4, -0.2) is 39.9 Å². The van der Waals surface area contributed by atoms with Crippen LogP contribution in [0.1, 0.15) is 0 Å². The molecule has 0 fully saturated rings. The number of benzene rings is 1. The molecular formula is C34H22N8. The van der Waals surface area contributed by atoms with Gasteiger partial charge in [-0.05, 0) is 65.7 Å². The molecule has 0 saturated carbocycles. The molecule has 7 aromatic rings. The van der Waals surface area contributed by atoms with Crippen LogP contribution in [0.25, 0.3) is 67.8 Å². The normalized spacial score (nSPS) is 10.9. The minimum absolute atomic E-state index is 0.561. The summed E-state index contributed by atoms with van der Waals surface area (Å²) in [4.78, 5) is 36.3. The van der Waals surface area contributed by atoms with Crippen LogP contribution < -0.4 is 0 Å². The Morgan fingerprint density at radius 1 is 0.333 bits per heavy atom. The Kier molecular flexibility index (Phi) is 6.68. The van der Waals surface area contributed by atoms with Crippen LogP contribution in [0.3, 0.4) is 0 Å². The van der Waals surface area contributed by atoms with Crippen LogP contribution in [0, 0.1) is 0 Å². The molecule has 0 radical (unpaired) electrons. The first kappa shape index (κ1) is 25.0. The van der Waals surface area contributed by atoms with Gasteiger partial charge in [-0.15, -0.1) is 0 Å². The van der Waals surface area contributed by atoms with E-state index in [-0.39, 0.29) is 0 Å². The van der Waals surface area contributed by atoms with Crippen molar-refractivity contribution in [3.63, 3.8) is 0 Å². The van der Waals surface area contributed by atoms with E-state index >= 15 is 0 Å². The van der Waals surface area contributed by atoms with Crippen LogP contribution in [0.15, 0.2) is 135 Å². The van der Waals surface area contributed by atoms with Gasteiger partial charge >= 0.3 is 0 Å². The molecular weight excluding hydrogens is 520 g/mol. The summed E-state index contributed by atoms with van der Waals surface area (Å²) < 4.78 is 0. The SMILES string of the molecule is c1cc(-c2cnc(-c3cccc(-c4cccnc4)n3)nc2)cc(-c2cnc(-c3cccc(-c4cccnc4)n3)nc2)c1. The summed E-state index contributed by atoms with van der Waals surface area (Å²) in [5, 5.41) is 0. The van der Waals surface area contributed by atoms with E-state index in [4.69, 9.17) is 9.97 Å². The molecule has 0 aliphatic carbocycles. The standard InChI is InChI=1S/C34H22N8/c1-6-23(27-19-37-33(38-20-27)31-12-2-10-29(41-31)25-8-4-14-35-17-25)16-24(7-1)28-21-39-34(40-22-28)32-13-3-11-30(42-32)26-9-5-15-36-18-26/h1-22H. The molecule has 0 spiro atoms. The molecule has 7 rings (SSSR count). The van der Waals surface area contributed by atoms with Crippen molar-refractivity contribution in [2.75, 3.05) is 0 Å². The van der Waals surface area contributed by atoms with E-state index in [0.717, 1.165) is 44.8 Å². The molecule has 0 N–H and O–H groups in total. The quantitative estimate of drug-likeness (QED) is 0.225. The van der Waals surface area contributed by atoms with Crippen molar-refractivity contribution in [2.24, 2.45) is 0 Å². The summed E-state index contributed by atoms with van der Waals surface area (Å²) in [6.07, 6.45) is 14.4. The average molecular weight is 543 g/mol. The highest BCUT2D eigenvalue weighted by atomic mass is 14.9. The monoisotopic (exact) mass is 542 g/mol. The average Bonchev–Trinajstić information content (AvgIpc) is 3.09. The maximum Gasteiger partial charge on any atom is 0.178 e. The third-order valence-electron chi connectivity index (χ3n) is 6.70. The molecule has 42 heavy (non-hydrogen) atoms. The molecule has 0 amide bonds. The maximum atomic E-state index is 4.73. The zero-order chi connectivity index (χ0) is 28.1. The highest BCUT2D eigenvalue weighted by Crippen LogP contribution is 2.27. The lowest BCUT2D eigenvalue weighted by Crippen LogP contribution is -1.95. The third kappa shape index (κ3) is 5.24. The summed E-state index contributed by atoms with van der Waals surface area (Å²) in [6, 6.07) is 27.5. The first-order valence-corrected chi connectivity index (χ1v) is 13.3. The predicted octanol–water partition coefficient (Wildman–Crippen LogP) is 6.85. The molecule has 6 aromatic heterocycles. The zero-order valence-electron chi connectivity index (χ0n) is 22.3. The number of nitrogens with zero attached hydrogens (tertiary/aromatic N) is 8. The number of pyridine rings is 4. The highest BCUT2D eigenvalue weighted by molar-refractivity contribution is 5.73. The van der Waals surface area contributed by atoms with Crippen LogP contribution in [0.2, 0.25) is 0 Å². The maximum absolute atomic E-state index is 4.73. The van der Waals surface area contributed by atoms with Gasteiger partial charge in [0.05, 0.1) is 11.4 Å². The molecule has 8 nitrogen and oxygen atoms in total. The zero-order valence-corrected chi connectivity index (χ0v) is 22.3. The lowest BCUT2D eigenvalue weighted by molar-refractivity contribution is 1.14. The predicted molar refractivity (Wildman–Crippen MR) is 161 cm³/mol. The van der Waals surface area contributed by atoms with Crippen molar-refractivity contribution in [1.82, 2.24) is 39.9 Å². The van der Waals surface area contributed by atoms with Gasteiger partial charge in [-0.25, -0.2) is 29.9 Å². The lowest BCUT2D eigenvalue weighted by atomic mass is 10.0. The number of hydrogen-bond donors (Lipinski definition) is 0. The summed E-state index contributed by atoms with van der Waals surface area (Å²) in [7, 11) is 0. The van der Waals surface area contributed by atoms with Crippen LogP contribution in [0.4, 0.5) is 0 Å². The first-order valence-electron chi connectivity index (χ1n) is 13.3. The minimum Gasteiger partial charge on any atom is -0.264 e. The van der Waals surface area contributed by atoms with E-state index in [2.05, 4.69) is 36.0 Å². The molecule has 6 heterocycles. The van der Waals surface area contributed by atoms with Crippen molar-refractivity contribution in [1.29, 1.82) is 0 Å². The van der Waals surface area contributed by atoms with Crippen molar-refractivity contribution in [3.8, 4) is 67.8 Å². The van der Waals surface area contributed by atoms with Gasteiger partial charge in [-0.2, -0.15) is 0 Å². The van der Waals surface area contributed by atoms with Gasteiger partial charge in [0.25, 0.3) is 0 Å². The molecule has 1 aromatic carbocycles. The van der Waals surface area contributed by atoms with E-state index in [9.17, 15) is 0 Å². The van der Waals surface area contributed by atoms with E-state index in [1.807, 2.05) is 104 Å². The van der Waals surface area contributed by atoms with Crippen LogP contribution in [-0.2, 0) is 0 Å². The molecule has 198 valence electrons. The van der Waals surface area contributed by atoms with Gasteiger partial charge in [-0.3, -0.25) is 9.97 Å². The van der Waals surface area contributed by atoms with Gasteiger partial charge in [0.2, 0.25) is 0 Å². The molecule has 0 atom stereocenters. The highest BCUT2D eigenvalue weighted by Gasteiger charge is 2.10. The topological polar surface area (TPSA) is 103 Å². The van der Waals surface area contributed by atoms with Gasteiger partial charge in [-0.1, -0.05) is 30.3 Å². The second-order valence-electron chi connectivity index (χ2n) is 9.47. The van der Waals surface area contributed by atoms with E-state index < -0.39 is 0 Å². The number of aromatic nitrogens is 8. The molecule has 0 saturated heterocycles. The fourth-order valence-electron chi connectivity index (χ4n) is 4.57. The Bertz CT molecular complexity index is 1820. The Labute approximate surface area is 242 Å². The molecule has 0 aliphatic heterocycles. The van der Waals surface area contributed by atoms with Crippen molar-refractivity contribution >= 4 is 0 Å². The smallest absolute Gasteiger partial charge is 0.178 e. The Hall–Kier alpha value is -6.02. The van der Waals surface area contributed by atoms with Crippen molar-refractivity contribution < 1.29 is 0 Å². The Balaban J connectivity index is 1.11. The van der Waals surface area contributed by atoms with Gasteiger partial charge < -0.3 is 0 Å². The fraction of sp³-hybridized carbons (Fsp3) is 0. The Morgan fingerprint density at radius 3 is 1.17 bits per heavy atom. The van der Waals surface area contributed by atoms with E-state index in [1.54, 1.807) is 24.8 Å². The fourth-order valence-corrected chi connectivity index (χ4v) is 4.57.